The number of hydrogen-bond donors (Lipinski definition) is 1. The van der Waals surface area contributed by atoms with Gasteiger partial charge in [0.15, 0.2) is 0 Å². The molecule has 2 rings (SSSR count). The van der Waals surface area contributed by atoms with Crippen molar-refractivity contribution in [1.29, 1.82) is 0 Å². The van der Waals surface area contributed by atoms with Crippen molar-refractivity contribution in [2.75, 3.05) is 45.2 Å². The van der Waals surface area contributed by atoms with Gasteiger partial charge in [-0.05, 0) is 38.7 Å². The number of aryl methyl sites for hydroxylation is 1. The van der Waals surface area contributed by atoms with Crippen molar-refractivity contribution in [3.8, 4) is 0 Å². The largest absolute Gasteiger partial charge is 0.369 e. The number of nitrogens with zero attached hydrogens (tertiary/aromatic N) is 2. The van der Waals surface area contributed by atoms with Gasteiger partial charge in [0.1, 0.15) is 0 Å². The average molecular weight is 268 g/mol. The van der Waals surface area contributed by atoms with Crippen LogP contribution in [0.25, 0.3) is 0 Å². The Bertz CT molecular complexity index is 408. The summed E-state index contributed by atoms with van der Waals surface area (Å²) in [4.78, 5) is 4.84. The molecule has 1 unspecified atom stereocenters. The molecule has 1 aliphatic heterocycles. The smallest absolute Gasteiger partial charge is 0.0455 e. The Kier molecular flexibility index (Phi) is 4.49. The molecule has 1 saturated heterocycles. The van der Waals surface area contributed by atoms with E-state index >= 15 is 0 Å². The molecule has 1 N–H and O–H groups in total. The van der Waals surface area contributed by atoms with E-state index in [0.717, 1.165) is 36.8 Å². The topological polar surface area (TPSA) is 18.5 Å². The van der Waals surface area contributed by atoms with E-state index in [1.807, 2.05) is 14.0 Å². The van der Waals surface area contributed by atoms with Gasteiger partial charge in [-0.15, -0.1) is 0 Å². The van der Waals surface area contributed by atoms with Crippen molar-refractivity contribution in [3.63, 3.8) is 0 Å². The fraction of sp³-hybridized carbons (Fsp3) is 0.571. The Hall–Kier alpha value is -0.770. The lowest BCUT2D eigenvalue weighted by Crippen LogP contribution is -2.54. The third-order valence-electron chi connectivity index (χ3n) is 3.74. The number of benzene rings is 1. The molecule has 0 amide bonds. The van der Waals surface area contributed by atoms with Gasteiger partial charge in [0.25, 0.3) is 0 Å². The second-order valence-corrected chi connectivity index (χ2v) is 5.48. The van der Waals surface area contributed by atoms with E-state index in [0.29, 0.717) is 6.04 Å². The zero-order valence-corrected chi connectivity index (χ0v) is 12.2. The molecule has 18 heavy (non-hydrogen) atoms. The van der Waals surface area contributed by atoms with Crippen molar-refractivity contribution in [3.05, 3.63) is 28.8 Å². The highest BCUT2D eigenvalue weighted by atomic mass is 35.5. The third kappa shape index (κ3) is 2.97. The Morgan fingerprint density at radius 2 is 2.17 bits per heavy atom. The molecular formula is C14H22ClN3. The first-order chi connectivity index (χ1) is 8.61. The van der Waals surface area contributed by atoms with E-state index in [1.54, 1.807) is 0 Å². The van der Waals surface area contributed by atoms with Gasteiger partial charge in [0.2, 0.25) is 0 Å². The lowest BCUT2D eigenvalue weighted by Gasteiger charge is -2.40. The molecular weight excluding hydrogens is 246 g/mol. The lowest BCUT2D eigenvalue weighted by molar-refractivity contribution is 0.216. The van der Waals surface area contributed by atoms with Crippen LogP contribution in [0.4, 0.5) is 5.69 Å². The second kappa shape index (κ2) is 5.91. The van der Waals surface area contributed by atoms with Gasteiger partial charge in [0.05, 0.1) is 0 Å². The van der Waals surface area contributed by atoms with E-state index in [1.165, 1.54) is 5.69 Å². The molecule has 0 aromatic heterocycles. The number of rotatable bonds is 3. The molecule has 4 heteroatoms. The molecule has 100 valence electrons. The van der Waals surface area contributed by atoms with Crippen molar-refractivity contribution < 1.29 is 0 Å². The van der Waals surface area contributed by atoms with E-state index in [-0.39, 0.29) is 0 Å². The SMILES string of the molecule is CNCC1CN(c2ccc(C)c(Cl)c2)CCN1C. The van der Waals surface area contributed by atoms with Crippen LogP contribution in [0.15, 0.2) is 18.2 Å². The van der Waals surface area contributed by atoms with Crippen LogP contribution in [0, 0.1) is 6.92 Å². The van der Waals surface area contributed by atoms with Crippen LogP contribution >= 0.6 is 11.6 Å². The van der Waals surface area contributed by atoms with Gasteiger partial charge in [0, 0.05) is 42.9 Å². The maximum absolute atomic E-state index is 6.21. The zero-order valence-electron chi connectivity index (χ0n) is 11.4. The van der Waals surface area contributed by atoms with E-state index < -0.39 is 0 Å². The van der Waals surface area contributed by atoms with E-state index in [9.17, 15) is 0 Å². The Balaban J connectivity index is 2.11. The van der Waals surface area contributed by atoms with Crippen molar-refractivity contribution in [2.24, 2.45) is 0 Å². The van der Waals surface area contributed by atoms with Crippen molar-refractivity contribution in [2.45, 2.75) is 13.0 Å². The molecule has 0 spiro atoms. The summed E-state index contributed by atoms with van der Waals surface area (Å²) >= 11 is 6.21. The summed E-state index contributed by atoms with van der Waals surface area (Å²) in [6.07, 6.45) is 0. The predicted octanol–water partition coefficient (Wildman–Crippen LogP) is 1.99. The van der Waals surface area contributed by atoms with Gasteiger partial charge in [-0.2, -0.15) is 0 Å². The summed E-state index contributed by atoms with van der Waals surface area (Å²) in [6, 6.07) is 6.91. The number of hydrogen-bond acceptors (Lipinski definition) is 3. The first-order valence-corrected chi connectivity index (χ1v) is 6.85. The molecule has 1 aromatic rings. The summed E-state index contributed by atoms with van der Waals surface area (Å²) in [5, 5.41) is 4.12. The molecule has 1 atom stereocenters. The highest BCUT2D eigenvalue weighted by Gasteiger charge is 2.23. The highest BCUT2D eigenvalue weighted by Crippen LogP contribution is 2.24. The minimum Gasteiger partial charge on any atom is -0.369 e. The van der Waals surface area contributed by atoms with Gasteiger partial charge >= 0.3 is 0 Å². The fourth-order valence-corrected chi connectivity index (χ4v) is 2.59. The van der Waals surface area contributed by atoms with E-state index in [4.69, 9.17) is 11.6 Å². The van der Waals surface area contributed by atoms with Crippen molar-refractivity contribution in [1.82, 2.24) is 10.2 Å². The Labute approximate surface area is 115 Å². The molecule has 1 fully saturated rings. The number of likely N-dealkylation sites (N-methyl/N-ethyl adjacent to an activating group) is 2. The lowest BCUT2D eigenvalue weighted by atomic mass is 10.1. The molecule has 0 aliphatic carbocycles. The van der Waals surface area contributed by atoms with Gasteiger partial charge in [-0.25, -0.2) is 0 Å². The normalized spacial score (nSPS) is 21.3. The molecule has 0 radical (unpaired) electrons. The number of piperazine rings is 1. The minimum absolute atomic E-state index is 0.559. The van der Waals surface area contributed by atoms with Crippen LogP contribution in [0.1, 0.15) is 5.56 Å². The predicted molar refractivity (Wildman–Crippen MR) is 78.7 cm³/mol. The molecule has 1 heterocycles. The molecule has 0 saturated carbocycles. The maximum atomic E-state index is 6.21. The third-order valence-corrected chi connectivity index (χ3v) is 4.14. The first-order valence-electron chi connectivity index (χ1n) is 6.47. The van der Waals surface area contributed by atoms with Crippen LogP contribution in [-0.4, -0.2) is 51.2 Å². The van der Waals surface area contributed by atoms with Crippen molar-refractivity contribution >= 4 is 17.3 Å². The second-order valence-electron chi connectivity index (χ2n) is 5.07. The standard InChI is InChI=1S/C14H22ClN3/c1-11-4-5-12(8-14(11)15)18-7-6-17(3)13(10-18)9-16-2/h4-5,8,13,16H,6-7,9-10H2,1-3H3. The quantitative estimate of drug-likeness (QED) is 0.904. The number of nitrogens with one attached hydrogen (secondary N) is 1. The molecule has 0 bridgehead atoms. The molecule has 1 aromatic carbocycles. The monoisotopic (exact) mass is 267 g/mol. The minimum atomic E-state index is 0.559. The fourth-order valence-electron chi connectivity index (χ4n) is 2.42. The van der Waals surface area contributed by atoms with Gasteiger partial charge in [-0.3, -0.25) is 4.90 Å². The maximum Gasteiger partial charge on any atom is 0.0455 e. The molecule has 1 aliphatic rings. The summed E-state index contributed by atoms with van der Waals surface area (Å²) in [5.41, 5.74) is 2.38. The molecule has 3 nitrogen and oxygen atoms in total. The Morgan fingerprint density at radius 3 is 2.83 bits per heavy atom. The van der Waals surface area contributed by atoms with Crippen LogP contribution in [0.2, 0.25) is 5.02 Å². The zero-order chi connectivity index (χ0) is 13.1. The van der Waals surface area contributed by atoms with Gasteiger partial charge in [-0.1, -0.05) is 17.7 Å². The number of halogens is 1. The van der Waals surface area contributed by atoms with Crippen LogP contribution < -0.4 is 10.2 Å². The highest BCUT2D eigenvalue weighted by molar-refractivity contribution is 6.31. The number of anilines is 1. The van der Waals surface area contributed by atoms with Crippen LogP contribution in [0.5, 0.6) is 0 Å². The average Bonchev–Trinajstić information content (AvgIpc) is 2.36. The van der Waals surface area contributed by atoms with Gasteiger partial charge < -0.3 is 10.2 Å². The summed E-state index contributed by atoms with van der Waals surface area (Å²) in [7, 11) is 4.21. The summed E-state index contributed by atoms with van der Waals surface area (Å²) in [6.45, 7) is 6.27. The summed E-state index contributed by atoms with van der Waals surface area (Å²) in [5.74, 6) is 0. The first kappa shape index (κ1) is 13.7. The van der Waals surface area contributed by atoms with Crippen LogP contribution in [-0.2, 0) is 0 Å². The van der Waals surface area contributed by atoms with Crippen LogP contribution in [0.3, 0.4) is 0 Å². The Morgan fingerprint density at radius 1 is 1.39 bits per heavy atom. The summed E-state index contributed by atoms with van der Waals surface area (Å²) < 4.78 is 0. The van der Waals surface area contributed by atoms with E-state index in [2.05, 4.69) is 40.4 Å².